The Kier molecular flexibility index (Phi) is 3.20. The highest BCUT2D eigenvalue weighted by molar-refractivity contribution is 5.03. The van der Waals surface area contributed by atoms with Crippen molar-refractivity contribution in [3.63, 3.8) is 0 Å². The molecule has 0 radical (unpaired) electrons. The predicted molar refractivity (Wildman–Crippen MR) is 72.0 cm³/mol. The molecule has 4 fully saturated rings. The standard InChI is InChI=1S/C15H28N2/c1-15(2)13-4-3-12(14(15)11-13)5-8-17-9-6-16-7-10-17/h12-14,16H,3-11H2,1-2H3. The van der Waals surface area contributed by atoms with Gasteiger partial charge >= 0.3 is 0 Å². The molecule has 3 aliphatic carbocycles. The molecule has 2 bridgehead atoms. The molecule has 0 aromatic carbocycles. The van der Waals surface area contributed by atoms with Crippen molar-refractivity contribution >= 4 is 0 Å². The molecule has 98 valence electrons. The minimum absolute atomic E-state index is 0.673. The van der Waals surface area contributed by atoms with Gasteiger partial charge in [-0.3, -0.25) is 0 Å². The molecule has 0 aromatic rings. The van der Waals surface area contributed by atoms with Gasteiger partial charge < -0.3 is 10.2 Å². The second kappa shape index (κ2) is 4.55. The van der Waals surface area contributed by atoms with E-state index in [1.165, 1.54) is 52.0 Å². The van der Waals surface area contributed by atoms with Gasteiger partial charge in [-0.2, -0.15) is 0 Å². The monoisotopic (exact) mass is 236 g/mol. The van der Waals surface area contributed by atoms with Crippen LogP contribution in [-0.2, 0) is 0 Å². The predicted octanol–water partition coefficient (Wildman–Crippen LogP) is 2.35. The fourth-order valence-corrected chi connectivity index (χ4v) is 4.59. The van der Waals surface area contributed by atoms with Crippen LogP contribution in [-0.4, -0.2) is 37.6 Å². The highest BCUT2D eigenvalue weighted by Crippen LogP contribution is 2.61. The first-order chi connectivity index (χ1) is 8.18. The zero-order chi connectivity index (χ0) is 11.9. The summed E-state index contributed by atoms with van der Waals surface area (Å²) < 4.78 is 0. The van der Waals surface area contributed by atoms with Crippen LogP contribution in [0, 0.1) is 23.2 Å². The number of hydrogen-bond donors (Lipinski definition) is 1. The Hall–Kier alpha value is -0.0800. The fourth-order valence-electron chi connectivity index (χ4n) is 4.59. The summed E-state index contributed by atoms with van der Waals surface area (Å²) in [6.45, 7) is 11.3. The number of nitrogens with one attached hydrogen (secondary N) is 1. The third-order valence-corrected chi connectivity index (χ3v) is 6.03. The van der Waals surface area contributed by atoms with Gasteiger partial charge in [0.05, 0.1) is 0 Å². The third-order valence-electron chi connectivity index (χ3n) is 6.03. The lowest BCUT2D eigenvalue weighted by Crippen LogP contribution is -2.53. The lowest BCUT2D eigenvalue weighted by molar-refractivity contribution is -0.108. The van der Waals surface area contributed by atoms with Crippen molar-refractivity contribution < 1.29 is 0 Å². The molecule has 1 saturated heterocycles. The Morgan fingerprint density at radius 3 is 2.59 bits per heavy atom. The Morgan fingerprint density at radius 2 is 1.94 bits per heavy atom. The SMILES string of the molecule is CC1(C)C2CCC(CCN3CCNCC3)C1C2. The van der Waals surface area contributed by atoms with Crippen LogP contribution < -0.4 is 5.32 Å². The molecule has 1 N–H and O–H groups in total. The summed E-state index contributed by atoms with van der Waals surface area (Å²) in [5.74, 6) is 3.14. The molecule has 0 spiro atoms. The van der Waals surface area contributed by atoms with Crippen molar-refractivity contribution in [3.05, 3.63) is 0 Å². The van der Waals surface area contributed by atoms with Gasteiger partial charge in [-0.05, 0) is 55.4 Å². The quantitative estimate of drug-likeness (QED) is 0.809. The van der Waals surface area contributed by atoms with Gasteiger partial charge in [0.1, 0.15) is 0 Å². The molecule has 1 aliphatic heterocycles. The van der Waals surface area contributed by atoms with E-state index >= 15 is 0 Å². The molecule has 2 nitrogen and oxygen atoms in total. The Morgan fingerprint density at radius 1 is 1.18 bits per heavy atom. The maximum absolute atomic E-state index is 3.44. The van der Waals surface area contributed by atoms with Crippen LogP contribution in [0.5, 0.6) is 0 Å². The number of piperazine rings is 1. The van der Waals surface area contributed by atoms with E-state index in [0.717, 1.165) is 17.8 Å². The van der Waals surface area contributed by atoms with E-state index in [1.54, 1.807) is 6.42 Å². The summed E-state index contributed by atoms with van der Waals surface area (Å²) in [4.78, 5) is 2.66. The number of nitrogens with zero attached hydrogens (tertiary/aromatic N) is 1. The van der Waals surface area contributed by atoms with E-state index in [-0.39, 0.29) is 0 Å². The van der Waals surface area contributed by atoms with Crippen LogP contribution in [0.3, 0.4) is 0 Å². The van der Waals surface area contributed by atoms with Crippen LogP contribution >= 0.6 is 0 Å². The molecule has 3 saturated carbocycles. The lowest BCUT2D eigenvalue weighted by atomic mass is 9.45. The fraction of sp³-hybridized carbons (Fsp3) is 1.00. The summed E-state index contributed by atoms with van der Waals surface area (Å²) in [6, 6.07) is 0. The van der Waals surface area contributed by atoms with Crippen LogP contribution in [0.25, 0.3) is 0 Å². The summed E-state index contributed by atoms with van der Waals surface area (Å²) in [7, 11) is 0. The van der Waals surface area contributed by atoms with Crippen molar-refractivity contribution in [2.45, 2.75) is 39.5 Å². The second-order valence-corrected chi connectivity index (χ2v) is 7.08. The van der Waals surface area contributed by atoms with Gasteiger partial charge in [0.15, 0.2) is 0 Å². The molecule has 1 heterocycles. The lowest BCUT2D eigenvalue weighted by Gasteiger charge is -2.60. The van der Waals surface area contributed by atoms with Crippen LogP contribution in [0.1, 0.15) is 39.5 Å². The van der Waals surface area contributed by atoms with Gasteiger partial charge in [-0.1, -0.05) is 13.8 Å². The smallest absolute Gasteiger partial charge is 0.0107 e. The summed E-state index contributed by atoms with van der Waals surface area (Å²) >= 11 is 0. The summed E-state index contributed by atoms with van der Waals surface area (Å²) in [6.07, 6.45) is 6.03. The van der Waals surface area contributed by atoms with Crippen LogP contribution in [0.2, 0.25) is 0 Å². The Bertz CT molecular complexity index is 266. The number of rotatable bonds is 3. The molecule has 17 heavy (non-hydrogen) atoms. The maximum atomic E-state index is 3.44. The van der Waals surface area contributed by atoms with Gasteiger partial charge in [-0.25, -0.2) is 0 Å². The number of fused-ring (bicyclic) bond motifs is 2. The van der Waals surface area contributed by atoms with E-state index in [2.05, 4.69) is 24.1 Å². The first-order valence-corrected chi connectivity index (χ1v) is 7.61. The molecule has 3 atom stereocenters. The number of hydrogen-bond acceptors (Lipinski definition) is 2. The molecule has 4 aliphatic rings. The van der Waals surface area contributed by atoms with E-state index in [9.17, 15) is 0 Å². The van der Waals surface area contributed by atoms with Gasteiger partial charge in [0, 0.05) is 26.2 Å². The largest absolute Gasteiger partial charge is 0.314 e. The Balaban J connectivity index is 1.48. The molecular weight excluding hydrogens is 208 g/mol. The zero-order valence-electron chi connectivity index (χ0n) is 11.5. The highest BCUT2D eigenvalue weighted by atomic mass is 15.2. The molecule has 2 heteroatoms. The van der Waals surface area contributed by atoms with Crippen molar-refractivity contribution in [2.24, 2.45) is 23.2 Å². The van der Waals surface area contributed by atoms with E-state index in [4.69, 9.17) is 0 Å². The summed E-state index contributed by atoms with van der Waals surface area (Å²) in [5.41, 5.74) is 0.673. The average Bonchev–Trinajstić information content (AvgIpc) is 2.37. The van der Waals surface area contributed by atoms with Crippen molar-refractivity contribution in [1.29, 1.82) is 0 Å². The second-order valence-electron chi connectivity index (χ2n) is 7.08. The topological polar surface area (TPSA) is 15.3 Å². The van der Waals surface area contributed by atoms with E-state index < -0.39 is 0 Å². The van der Waals surface area contributed by atoms with E-state index in [0.29, 0.717) is 5.41 Å². The van der Waals surface area contributed by atoms with Gasteiger partial charge in [0.25, 0.3) is 0 Å². The van der Waals surface area contributed by atoms with Crippen LogP contribution in [0.4, 0.5) is 0 Å². The van der Waals surface area contributed by atoms with E-state index in [1.807, 2.05) is 0 Å². The highest BCUT2D eigenvalue weighted by Gasteiger charge is 2.53. The summed E-state index contributed by atoms with van der Waals surface area (Å²) in [5, 5.41) is 3.44. The van der Waals surface area contributed by atoms with Crippen molar-refractivity contribution in [2.75, 3.05) is 32.7 Å². The molecule has 0 aromatic heterocycles. The average molecular weight is 236 g/mol. The van der Waals surface area contributed by atoms with Crippen molar-refractivity contribution in [1.82, 2.24) is 10.2 Å². The third kappa shape index (κ3) is 2.15. The minimum Gasteiger partial charge on any atom is -0.314 e. The first-order valence-electron chi connectivity index (χ1n) is 7.61. The van der Waals surface area contributed by atoms with Gasteiger partial charge in [-0.15, -0.1) is 0 Å². The minimum atomic E-state index is 0.673. The normalized spacial score (nSPS) is 40.9. The first kappa shape index (κ1) is 12.0. The van der Waals surface area contributed by atoms with Gasteiger partial charge in [0.2, 0.25) is 0 Å². The zero-order valence-corrected chi connectivity index (χ0v) is 11.5. The molecule has 0 amide bonds. The van der Waals surface area contributed by atoms with Crippen LogP contribution in [0.15, 0.2) is 0 Å². The Labute approximate surface area is 106 Å². The maximum Gasteiger partial charge on any atom is 0.0107 e. The molecular formula is C15H28N2. The molecule has 3 unspecified atom stereocenters. The van der Waals surface area contributed by atoms with Crippen molar-refractivity contribution in [3.8, 4) is 0 Å². The molecule has 4 rings (SSSR count).